The van der Waals surface area contributed by atoms with Crippen LogP contribution < -0.4 is 5.32 Å². The molecule has 2 fully saturated rings. The molecule has 22 heavy (non-hydrogen) atoms. The Hall–Kier alpha value is -1.35. The van der Waals surface area contributed by atoms with Gasteiger partial charge in [-0.1, -0.05) is 19.6 Å². The van der Waals surface area contributed by atoms with Crippen LogP contribution in [0.15, 0.2) is 31.0 Å². The number of rotatable bonds is 2. The van der Waals surface area contributed by atoms with Crippen LogP contribution >= 0.6 is 0 Å². The smallest absolute Gasteiger partial charge is 0.123 e. The van der Waals surface area contributed by atoms with E-state index in [1.165, 1.54) is 25.9 Å². The lowest BCUT2D eigenvalue weighted by Crippen LogP contribution is -2.26. The first kappa shape index (κ1) is 17.0. The van der Waals surface area contributed by atoms with E-state index in [9.17, 15) is 4.39 Å². The van der Waals surface area contributed by atoms with Crippen molar-refractivity contribution in [2.75, 3.05) is 19.6 Å². The zero-order valence-corrected chi connectivity index (χ0v) is 13.9. The molecule has 0 aromatic heterocycles. The number of halogens is 1. The minimum Gasteiger partial charge on any atom is -0.371 e. The second-order valence-corrected chi connectivity index (χ2v) is 6.57. The van der Waals surface area contributed by atoms with Gasteiger partial charge >= 0.3 is 0 Å². The highest BCUT2D eigenvalue weighted by Crippen LogP contribution is 2.32. The van der Waals surface area contributed by atoms with Crippen LogP contribution in [0.25, 0.3) is 0 Å². The summed E-state index contributed by atoms with van der Waals surface area (Å²) >= 11 is 0. The molecule has 2 nitrogen and oxygen atoms in total. The molecule has 1 aromatic rings. The van der Waals surface area contributed by atoms with Crippen molar-refractivity contribution in [3.8, 4) is 0 Å². The van der Waals surface area contributed by atoms with E-state index in [0.717, 1.165) is 36.4 Å². The van der Waals surface area contributed by atoms with Gasteiger partial charge in [0, 0.05) is 6.54 Å². The van der Waals surface area contributed by atoms with E-state index in [-0.39, 0.29) is 5.82 Å². The Balaban J connectivity index is 0.000000211. The maximum absolute atomic E-state index is 13.3. The molecule has 2 heterocycles. The Morgan fingerprint density at radius 1 is 1.23 bits per heavy atom. The lowest BCUT2D eigenvalue weighted by atomic mass is 10.0. The number of piperidine rings is 1. The molecule has 1 aromatic carbocycles. The molecular weight excluding hydrogens is 275 g/mol. The Kier molecular flexibility index (Phi) is 6.44. The number of hydrogen-bond acceptors (Lipinski definition) is 2. The summed E-state index contributed by atoms with van der Waals surface area (Å²) in [5.74, 6) is 0.835. The summed E-state index contributed by atoms with van der Waals surface area (Å²) in [6, 6.07) is 5.59. The zero-order valence-electron chi connectivity index (χ0n) is 13.9. The SMILES string of the molecule is C=CN1CCCC1c1cc(C)cc(F)c1.CC1CCNCC1. The molecule has 1 atom stereocenters. The molecule has 122 valence electrons. The van der Waals surface area contributed by atoms with E-state index >= 15 is 0 Å². The topological polar surface area (TPSA) is 15.3 Å². The highest BCUT2D eigenvalue weighted by atomic mass is 19.1. The van der Waals surface area contributed by atoms with Crippen molar-refractivity contribution in [3.63, 3.8) is 0 Å². The van der Waals surface area contributed by atoms with Gasteiger partial charge in [-0.2, -0.15) is 0 Å². The van der Waals surface area contributed by atoms with Crippen molar-refractivity contribution in [3.05, 3.63) is 47.9 Å². The van der Waals surface area contributed by atoms with Crippen molar-refractivity contribution < 1.29 is 4.39 Å². The Labute approximate surface area is 134 Å². The van der Waals surface area contributed by atoms with Crippen LogP contribution in [0, 0.1) is 18.7 Å². The van der Waals surface area contributed by atoms with Crippen LogP contribution in [0.4, 0.5) is 4.39 Å². The second-order valence-electron chi connectivity index (χ2n) is 6.57. The normalized spacial score (nSPS) is 22.1. The number of nitrogens with zero attached hydrogens (tertiary/aromatic N) is 1. The second kappa shape index (κ2) is 8.33. The van der Waals surface area contributed by atoms with E-state index in [1.807, 2.05) is 13.1 Å². The molecule has 1 N–H and O–H groups in total. The highest BCUT2D eigenvalue weighted by Gasteiger charge is 2.23. The first-order valence-electron chi connectivity index (χ1n) is 8.46. The standard InChI is InChI=1S/C13H16FN.C6H13N/c1-3-15-6-4-5-13(15)11-7-10(2)8-12(14)9-11;1-6-2-4-7-5-3-6/h3,7-9,13H,1,4-6H2,2H3;6-7H,2-5H2,1H3. The van der Waals surface area contributed by atoms with Crippen LogP contribution in [-0.4, -0.2) is 24.5 Å². The summed E-state index contributed by atoms with van der Waals surface area (Å²) in [6.45, 7) is 11.6. The van der Waals surface area contributed by atoms with E-state index in [4.69, 9.17) is 0 Å². The summed E-state index contributed by atoms with van der Waals surface area (Å²) in [6.07, 6.45) is 6.86. The van der Waals surface area contributed by atoms with Crippen molar-refractivity contribution in [1.29, 1.82) is 0 Å². The Bertz CT molecular complexity index is 460. The van der Waals surface area contributed by atoms with Gasteiger partial charge in [0.25, 0.3) is 0 Å². The van der Waals surface area contributed by atoms with E-state index in [2.05, 4.69) is 29.8 Å². The van der Waals surface area contributed by atoms with Crippen LogP contribution in [0.1, 0.15) is 49.8 Å². The summed E-state index contributed by atoms with van der Waals surface area (Å²) in [5, 5.41) is 3.32. The third-order valence-electron chi connectivity index (χ3n) is 4.61. The lowest BCUT2D eigenvalue weighted by molar-refractivity contribution is 0.358. The van der Waals surface area contributed by atoms with E-state index in [0.29, 0.717) is 6.04 Å². The fraction of sp³-hybridized carbons (Fsp3) is 0.579. The average Bonchev–Trinajstić information content (AvgIpc) is 2.96. The molecule has 2 saturated heterocycles. The first-order valence-corrected chi connectivity index (χ1v) is 8.46. The van der Waals surface area contributed by atoms with Gasteiger partial charge in [0.05, 0.1) is 6.04 Å². The molecule has 2 aliphatic rings. The number of benzene rings is 1. The van der Waals surface area contributed by atoms with Crippen molar-refractivity contribution in [2.24, 2.45) is 5.92 Å². The molecule has 1 unspecified atom stereocenters. The van der Waals surface area contributed by atoms with Crippen molar-refractivity contribution in [1.82, 2.24) is 10.2 Å². The number of aryl methyl sites for hydroxylation is 1. The van der Waals surface area contributed by atoms with Crippen LogP contribution in [-0.2, 0) is 0 Å². The quantitative estimate of drug-likeness (QED) is 0.870. The minimum absolute atomic E-state index is 0.138. The molecule has 0 saturated carbocycles. The van der Waals surface area contributed by atoms with Crippen LogP contribution in [0.5, 0.6) is 0 Å². The fourth-order valence-corrected chi connectivity index (χ4v) is 3.29. The van der Waals surface area contributed by atoms with Gasteiger partial charge in [0.2, 0.25) is 0 Å². The molecule has 2 aliphatic heterocycles. The predicted molar refractivity (Wildman–Crippen MR) is 91.3 cm³/mol. The predicted octanol–water partition coefficient (Wildman–Crippen LogP) is 4.42. The van der Waals surface area contributed by atoms with E-state index < -0.39 is 0 Å². The number of hydrogen-bond donors (Lipinski definition) is 1. The fourth-order valence-electron chi connectivity index (χ4n) is 3.29. The third-order valence-corrected chi connectivity index (χ3v) is 4.61. The lowest BCUT2D eigenvalue weighted by Gasteiger charge is -2.23. The Morgan fingerprint density at radius 2 is 1.95 bits per heavy atom. The van der Waals surface area contributed by atoms with Crippen molar-refractivity contribution >= 4 is 0 Å². The molecule has 0 radical (unpaired) electrons. The van der Waals surface area contributed by atoms with Gasteiger partial charge in [-0.3, -0.25) is 0 Å². The van der Waals surface area contributed by atoms with Gasteiger partial charge in [-0.15, -0.1) is 0 Å². The maximum Gasteiger partial charge on any atom is 0.123 e. The van der Waals surface area contributed by atoms with Gasteiger partial charge in [-0.05, 0) is 81.1 Å². The Morgan fingerprint density at radius 3 is 2.50 bits per heavy atom. The van der Waals surface area contributed by atoms with Gasteiger partial charge in [-0.25, -0.2) is 4.39 Å². The molecule has 3 heteroatoms. The summed E-state index contributed by atoms with van der Waals surface area (Å²) < 4.78 is 13.3. The van der Waals surface area contributed by atoms with Crippen LogP contribution in [0.3, 0.4) is 0 Å². The maximum atomic E-state index is 13.3. The average molecular weight is 304 g/mol. The monoisotopic (exact) mass is 304 g/mol. The molecule has 0 aliphatic carbocycles. The number of likely N-dealkylation sites (tertiary alicyclic amines) is 1. The molecule has 3 rings (SSSR count). The summed E-state index contributed by atoms with van der Waals surface area (Å²) in [5.41, 5.74) is 2.06. The van der Waals surface area contributed by atoms with Gasteiger partial charge < -0.3 is 10.2 Å². The summed E-state index contributed by atoms with van der Waals surface area (Å²) in [7, 11) is 0. The van der Waals surface area contributed by atoms with Crippen LogP contribution in [0.2, 0.25) is 0 Å². The zero-order chi connectivity index (χ0) is 15.9. The van der Waals surface area contributed by atoms with Gasteiger partial charge in [0.15, 0.2) is 0 Å². The largest absolute Gasteiger partial charge is 0.371 e. The molecule has 0 amide bonds. The molecule has 0 bridgehead atoms. The summed E-state index contributed by atoms with van der Waals surface area (Å²) in [4.78, 5) is 2.19. The highest BCUT2D eigenvalue weighted by molar-refractivity contribution is 5.27. The van der Waals surface area contributed by atoms with Crippen molar-refractivity contribution in [2.45, 2.75) is 45.6 Å². The molecular formula is C19H29FN2. The first-order chi connectivity index (χ1) is 10.6. The number of nitrogens with one attached hydrogen (secondary N) is 1. The van der Waals surface area contributed by atoms with E-state index in [1.54, 1.807) is 12.1 Å². The van der Waals surface area contributed by atoms with Gasteiger partial charge in [0.1, 0.15) is 5.82 Å². The minimum atomic E-state index is -0.138. The molecule has 0 spiro atoms. The third kappa shape index (κ3) is 4.84.